The van der Waals surface area contributed by atoms with Crippen molar-refractivity contribution in [1.82, 2.24) is 15.5 Å². The third-order valence-electron chi connectivity index (χ3n) is 3.48. The number of rotatable bonds is 5. The molecule has 23 heavy (non-hydrogen) atoms. The van der Waals surface area contributed by atoms with Gasteiger partial charge in [-0.05, 0) is 18.6 Å². The van der Waals surface area contributed by atoms with Crippen LogP contribution in [0.3, 0.4) is 0 Å². The zero-order valence-electron chi connectivity index (χ0n) is 12.9. The van der Waals surface area contributed by atoms with E-state index >= 15 is 0 Å². The van der Waals surface area contributed by atoms with E-state index < -0.39 is 12.7 Å². The van der Waals surface area contributed by atoms with E-state index in [1.54, 1.807) is 13.3 Å². The van der Waals surface area contributed by atoms with Crippen molar-refractivity contribution in [1.29, 1.82) is 0 Å². The fourth-order valence-corrected chi connectivity index (χ4v) is 2.49. The zero-order chi connectivity index (χ0) is 16.0. The third kappa shape index (κ3) is 7.42. The van der Waals surface area contributed by atoms with Gasteiger partial charge in [0.15, 0.2) is 5.96 Å². The fraction of sp³-hybridized carbons (Fsp3) is 0.643. The molecule has 0 amide bonds. The number of nitrogens with one attached hydrogen (secondary N) is 2. The number of hydrogen-bond acceptors (Lipinski definition) is 3. The first kappa shape index (κ1) is 20.1. The lowest BCUT2D eigenvalue weighted by atomic mass is 10.3. The number of guanidine groups is 1. The van der Waals surface area contributed by atoms with Crippen LogP contribution in [-0.4, -0.2) is 56.3 Å². The van der Waals surface area contributed by atoms with Crippen LogP contribution >= 0.6 is 24.0 Å². The molecule has 0 saturated carbocycles. The Balaban J connectivity index is 0.00000264. The van der Waals surface area contributed by atoms with Crippen LogP contribution < -0.4 is 10.6 Å². The van der Waals surface area contributed by atoms with E-state index in [0.29, 0.717) is 32.0 Å². The maximum Gasteiger partial charge on any atom is 0.401 e. The first-order valence-electron chi connectivity index (χ1n) is 7.25. The van der Waals surface area contributed by atoms with Crippen molar-refractivity contribution in [2.24, 2.45) is 4.99 Å². The van der Waals surface area contributed by atoms with Gasteiger partial charge in [-0.2, -0.15) is 13.2 Å². The van der Waals surface area contributed by atoms with Crippen LogP contribution in [0.4, 0.5) is 13.2 Å². The minimum atomic E-state index is -4.14. The highest BCUT2D eigenvalue weighted by atomic mass is 127. The molecule has 1 aliphatic rings. The van der Waals surface area contributed by atoms with Crippen LogP contribution in [-0.2, 0) is 6.42 Å². The first-order chi connectivity index (χ1) is 10.5. The second kappa shape index (κ2) is 9.36. The standard InChI is InChI=1S/C14H21F3N4O.HI/c1-18-13(19-6-4-12-3-2-8-22-12)20-11-5-7-21(9-11)10-14(15,16)17;/h2-3,8,11H,4-7,9-10H2,1H3,(H2,18,19,20);1H. The third-order valence-corrected chi connectivity index (χ3v) is 3.48. The highest BCUT2D eigenvalue weighted by molar-refractivity contribution is 14.0. The molecule has 1 fully saturated rings. The molecule has 0 aliphatic carbocycles. The van der Waals surface area contributed by atoms with E-state index in [1.807, 2.05) is 12.1 Å². The van der Waals surface area contributed by atoms with E-state index in [0.717, 1.165) is 12.2 Å². The molecular weight excluding hydrogens is 424 g/mol. The summed E-state index contributed by atoms with van der Waals surface area (Å²) in [5.74, 6) is 1.48. The molecule has 1 aromatic heterocycles. The van der Waals surface area contributed by atoms with Gasteiger partial charge in [-0.15, -0.1) is 24.0 Å². The summed E-state index contributed by atoms with van der Waals surface area (Å²) in [6, 6.07) is 3.71. The summed E-state index contributed by atoms with van der Waals surface area (Å²) < 4.78 is 42.3. The molecule has 1 unspecified atom stereocenters. The van der Waals surface area contributed by atoms with Gasteiger partial charge in [0, 0.05) is 39.1 Å². The SMILES string of the molecule is CN=C(NCCc1ccco1)NC1CCN(CC(F)(F)F)C1.I. The maximum absolute atomic E-state index is 12.4. The summed E-state index contributed by atoms with van der Waals surface area (Å²) in [6.07, 6.45) is -1.12. The largest absolute Gasteiger partial charge is 0.469 e. The molecule has 0 spiro atoms. The average Bonchev–Trinajstić information content (AvgIpc) is 3.08. The van der Waals surface area contributed by atoms with Crippen molar-refractivity contribution < 1.29 is 17.6 Å². The Labute approximate surface area is 150 Å². The van der Waals surface area contributed by atoms with E-state index in [9.17, 15) is 13.2 Å². The second-order valence-electron chi connectivity index (χ2n) is 5.31. The first-order valence-corrected chi connectivity index (χ1v) is 7.25. The van der Waals surface area contributed by atoms with Crippen LogP contribution in [0.2, 0.25) is 0 Å². The highest BCUT2D eigenvalue weighted by Crippen LogP contribution is 2.19. The van der Waals surface area contributed by atoms with Gasteiger partial charge >= 0.3 is 6.18 Å². The normalized spacial score (nSPS) is 19.5. The van der Waals surface area contributed by atoms with Crippen LogP contribution in [0.15, 0.2) is 27.8 Å². The molecule has 1 atom stereocenters. The molecule has 0 bridgehead atoms. The van der Waals surface area contributed by atoms with Crippen LogP contribution in [0.1, 0.15) is 12.2 Å². The van der Waals surface area contributed by atoms with E-state index in [4.69, 9.17) is 4.42 Å². The minimum absolute atomic E-state index is 0. The molecule has 132 valence electrons. The van der Waals surface area contributed by atoms with Crippen molar-refractivity contribution in [3.63, 3.8) is 0 Å². The number of halogens is 4. The number of alkyl halides is 3. The summed E-state index contributed by atoms with van der Waals surface area (Å²) in [5, 5.41) is 6.30. The summed E-state index contributed by atoms with van der Waals surface area (Å²) in [7, 11) is 1.64. The van der Waals surface area contributed by atoms with E-state index in [2.05, 4.69) is 15.6 Å². The van der Waals surface area contributed by atoms with Gasteiger partial charge in [-0.25, -0.2) is 0 Å². The lowest BCUT2D eigenvalue weighted by molar-refractivity contribution is -0.143. The molecule has 9 heteroatoms. The molecule has 1 aliphatic heterocycles. The summed E-state index contributed by atoms with van der Waals surface area (Å²) in [5.41, 5.74) is 0. The van der Waals surface area contributed by atoms with Gasteiger partial charge in [0.25, 0.3) is 0 Å². The highest BCUT2D eigenvalue weighted by Gasteiger charge is 2.34. The summed E-state index contributed by atoms with van der Waals surface area (Å²) in [4.78, 5) is 5.50. The van der Waals surface area contributed by atoms with Gasteiger partial charge in [0.05, 0.1) is 12.8 Å². The Morgan fingerprint density at radius 1 is 1.48 bits per heavy atom. The number of nitrogens with zero attached hydrogens (tertiary/aromatic N) is 2. The smallest absolute Gasteiger partial charge is 0.401 e. The Hall–Kier alpha value is -0.970. The van der Waals surface area contributed by atoms with Crippen molar-refractivity contribution in [3.8, 4) is 0 Å². The molecule has 1 saturated heterocycles. The van der Waals surface area contributed by atoms with Crippen LogP contribution in [0, 0.1) is 0 Å². The van der Waals surface area contributed by atoms with Gasteiger partial charge in [-0.3, -0.25) is 9.89 Å². The number of furan rings is 1. The number of likely N-dealkylation sites (tertiary alicyclic amines) is 1. The van der Waals surface area contributed by atoms with Crippen LogP contribution in [0.25, 0.3) is 0 Å². The molecule has 5 nitrogen and oxygen atoms in total. The second-order valence-corrected chi connectivity index (χ2v) is 5.31. The molecule has 1 aromatic rings. The Morgan fingerprint density at radius 3 is 2.87 bits per heavy atom. The minimum Gasteiger partial charge on any atom is -0.469 e. The molecule has 2 N–H and O–H groups in total. The fourth-order valence-electron chi connectivity index (χ4n) is 2.49. The molecular formula is C14H22F3IN4O. The molecule has 0 aromatic carbocycles. The Kier molecular flexibility index (Phi) is 8.17. The van der Waals surface area contributed by atoms with Gasteiger partial charge in [-0.1, -0.05) is 0 Å². The van der Waals surface area contributed by atoms with Crippen molar-refractivity contribution >= 4 is 29.9 Å². The predicted octanol–water partition coefficient (Wildman–Crippen LogP) is 2.24. The average molecular weight is 446 g/mol. The van der Waals surface area contributed by atoms with E-state index in [1.165, 1.54) is 4.90 Å². The topological polar surface area (TPSA) is 52.8 Å². The summed E-state index contributed by atoms with van der Waals surface area (Å²) in [6.45, 7) is 0.612. The van der Waals surface area contributed by atoms with Gasteiger partial charge < -0.3 is 15.1 Å². The van der Waals surface area contributed by atoms with Crippen molar-refractivity contribution in [2.75, 3.05) is 33.2 Å². The van der Waals surface area contributed by atoms with Gasteiger partial charge in [0.1, 0.15) is 5.76 Å². The molecule has 2 rings (SSSR count). The van der Waals surface area contributed by atoms with Crippen molar-refractivity contribution in [2.45, 2.75) is 25.1 Å². The van der Waals surface area contributed by atoms with Crippen molar-refractivity contribution in [3.05, 3.63) is 24.2 Å². The van der Waals surface area contributed by atoms with Gasteiger partial charge in [0.2, 0.25) is 0 Å². The molecule has 2 heterocycles. The Bertz CT molecular complexity index is 479. The monoisotopic (exact) mass is 446 g/mol. The number of hydrogen-bond donors (Lipinski definition) is 2. The Morgan fingerprint density at radius 2 is 2.26 bits per heavy atom. The number of aliphatic imine (C=N–C) groups is 1. The van der Waals surface area contributed by atoms with Crippen LogP contribution in [0.5, 0.6) is 0 Å². The summed E-state index contributed by atoms with van der Waals surface area (Å²) >= 11 is 0. The van der Waals surface area contributed by atoms with E-state index in [-0.39, 0.29) is 30.0 Å². The lowest BCUT2D eigenvalue weighted by Gasteiger charge is -2.19. The zero-order valence-corrected chi connectivity index (χ0v) is 15.2. The predicted molar refractivity (Wildman–Crippen MR) is 93.2 cm³/mol. The maximum atomic E-state index is 12.4. The quantitative estimate of drug-likeness (QED) is 0.414. The lowest BCUT2D eigenvalue weighted by Crippen LogP contribution is -2.45. The molecule has 0 radical (unpaired) electrons.